The van der Waals surface area contributed by atoms with Gasteiger partial charge in [-0.15, -0.1) is 0 Å². The van der Waals surface area contributed by atoms with Gasteiger partial charge in [-0.2, -0.15) is 0 Å². The van der Waals surface area contributed by atoms with E-state index >= 15 is 0 Å². The first-order valence-corrected chi connectivity index (χ1v) is 5.02. The van der Waals surface area contributed by atoms with E-state index in [1.165, 1.54) is 14.8 Å². The Kier molecular flexibility index (Phi) is 3.81. The highest BCUT2D eigenvalue weighted by molar-refractivity contribution is 14.1. The van der Waals surface area contributed by atoms with Crippen molar-refractivity contribution in [2.24, 2.45) is 5.73 Å². The van der Waals surface area contributed by atoms with Crippen LogP contribution in [0.4, 0.5) is 5.69 Å². The van der Waals surface area contributed by atoms with Gasteiger partial charge in [0.25, 0.3) is 0 Å². The summed E-state index contributed by atoms with van der Waals surface area (Å²) >= 11 is 2.31. The van der Waals surface area contributed by atoms with Gasteiger partial charge in [0, 0.05) is 22.3 Å². The zero-order valence-corrected chi connectivity index (χ0v) is 9.26. The second kappa shape index (κ2) is 4.67. The maximum Gasteiger partial charge on any atom is 0.0371 e. The Morgan fingerprint density at radius 2 is 2.25 bits per heavy atom. The van der Waals surface area contributed by atoms with Crippen LogP contribution in [-0.2, 0) is 0 Å². The molecule has 0 unspecified atom stereocenters. The molecule has 3 N–H and O–H groups in total. The Bertz CT molecular complexity index is 261. The predicted octanol–water partition coefficient (Wildman–Crippen LogP) is 1.97. The van der Waals surface area contributed by atoms with E-state index in [0.29, 0.717) is 6.54 Å². The van der Waals surface area contributed by atoms with E-state index in [2.05, 4.69) is 53.0 Å². The summed E-state index contributed by atoms with van der Waals surface area (Å²) < 4.78 is 1.27. The lowest BCUT2D eigenvalue weighted by Crippen LogP contribution is -2.13. The lowest BCUT2D eigenvalue weighted by atomic mass is 10.2. The average Bonchev–Trinajstić information content (AvgIpc) is 2.03. The molecule has 0 saturated carbocycles. The van der Waals surface area contributed by atoms with Crippen molar-refractivity contribution in [2.45, 2.75) is 6.92 Å². The standard InChI is InChI=1S/C9H13IN2/c1-7-6-8(10)2-3-9(7)12-5-4-11/h2-3,6,12H,4-5,11H2,1H3. The largest absolute Gasteiger partial charge is 0.384 e. The molecule has 0 aromatic heterocycles. The molecule has 0 spiro atoms. The van der Waals surface area contributed by atoms with Crippen LogP contribution in [0, 0.1) is 10.5 Å². The molecule has 3 heteroatoms. The van der Waals surface area contributed by atoms with Gasteiger partial charge < -0.3 is 11.1 Å². The van der Waals surface area contributed by atoms with Crippen LogP contribution in [0.15, 0.2) is 18.2 Å². The molecule has 0 aliphatic heterocycles. The van der Waals surface area contributed by atoms with Gasteiger partial charge in [-0.25, -0.2) is 0 Å². The minimum atomic E-state index is 0.672. The Morgan fingerprint density at radius 1 is 1.50 bits per heavy atom. The van der Waals surface area contributed by atoms with E-state index in [-0.39, 0.29) is 0 Å². The fourth-order valence-corrected chi connectivity index (χ4v) is 1.68. The molecule has 0 amide bonds. The molecule has 0 heterocycles. The highest BCUT2D eigenvalue weighted by atomic mass is 127. The van der Waals surface area contributed by atoms with Crippen LogP contribution in [0.1, 0.15) is 5.56 Å². The monoisotopic (exact) mass is 276 g/mol. The maximum absolute atomic E-state index is 5.39. The molecule has 1 aromatic rings. The SMILES string of the molecule is Cc1cc(I)ccc1NCCN. The Labute approximate surface area is 86.7 Å². The van der Waals surface area contributed by atoms with Crippen molar-refractivity contribution in [3.8, 4) is 0 Å². The average molecular weight is 276 g/mol. The number of nitrogens with one attached hydrogen (secondary N) is 1. The maximum atomic E-state index is 5.39. The fourth-order valence-electron chi connectivity index (χ4n) is 1.03. The van der Waals surface area contributed by atoms with Gasteiger partial charge in [-0.1, -0.05) is 0 Å². The van der Waals surface area contributed by atoms with E-state index in [1.54, 1.807) is 0 Å². The zero-order valence-electron chi connectivity index (χ0n) is 7.10. The lowest BCUT2D eigenvalue weighted by molar-refractivity contribution is 1.02. The molecule has 0 saturated heterocycles. The second-order valence-electron chi connectivity index (χ2n) is 2.67. The third-order valence-corrected chi connectivity index (χ3v) is 2.32. The van der Waals surface area contributed by atoms with Gasteiger partial charge in [0.2, 0.25) is 0 Å². The first kappa shape index (κ1) is 9.80. The fraction of sp³-hybridized carbons (Fsp3) is 0.333. The Balaban J connectivity index is 2.72. The van der Waals surface area contributed by atoms with Crippen molar-refractivity contribution in [1.82, 2.24) is 0 Å². The van der Waals surface area contributed by atoms with Crippen LogP contribution in [0.2, 0.25) is 0 Å². The Morgan fingerprint density at radius 3 is 2.83 bits per heavy atom. The number of hydrogen-bond donors (Lipinski definition) is 2. The summed E-state index contributed by atoms with van der Waals surface area (Å²) in [4.78, 5) is 0. The molecule has 2 nitrogen and oxygen atoms in total. The molecule has 0 aliphatic rings. The summed E-state index contributed by atoms with van der Waals surface area (Å²) in [7, 11) is 0. The molecule has 12 heavy (non-hydrogen) atoms. The first-order chi connectivity index (χ1) is 5.74. The van der Waals surface area contributed by atoms with Gasteiger partial charge in [0.05, 0.1) is 0 Å². The third-order valence-electron chi connectivity index (χ3n) is 1.65. The van der Waals surface area contributed by atoms with Crippen molar-refractivity contribution in [2.75, 3.05) is 18.4 Å². The number of aryl methyl sites for hydroxylation is 1. The molecule has 66 valence electrons. The molecule has 1 rings (SSSR count). The third kappa shape index (κ3) is 2.64. The van der Waals surface area contributed by atoms with E-state index in [0.717, 1.165) is 6.54 Å². The summed E-state index contributed by atoms with van der Waals surface area (Å²) in [6, 6.07) is 6.33. The van der Waals surface area contributed by atoms with E-state index < -0.39 is 0 Å². The van der Waals surface area contributed by atoms with Crippen LogP contribution in [-0.4, -0.2) is 13.1 Å². The quantitative estimate of drug-likeness (QED) is 0.828. The molecular formula is C9H13IN2. The number of benzene rings is 1. The summed E-state index contributed by atoms with van der Waals surface area (Å²) in [5.74, 6) is 0. The summed E-state index contributed by atoms with van der Waals surface area (Å²) in [6.45, 7) is 3.61. The topological polar surface area (TPSA) is 38.0 Å². The van der Waals surface area contributed by atoms with Crippen LogP contribution in [0.5, 0.6) is 0 Å². The number of rotatable bonds is 3. The molecule has 0 atom stereocenters. The molecule has 0 bridgehead atoms. The highest BCUT2D eigenvalue weighted by Gasteiger charge is 1.96. The van der Waals surface area contributed by atoms with E-state index in [1.807, 2.05) is 0 Å². The summed E-state index contributed by atoms with van der Waals surface area (Å²) in [5, 5.41) is 3.26. The van der Waals surface area contributed by atoms with Crippen LogP contribution < -0.4 is 11.1 Å². The number of halogens is 1. The number of hydrogen-bond acceptors (Lipinski definition) is 2. The first-order valence-electron chi connectivity index (χ1n) is 3.94. The van der Waals surface area contributed by atoms with Crippen molar-refractivity contribution >= 4 is 28.3 Å². The second-order valence-corrected chi connectivity index (χ2v) is 3.92. The molecular weight excluding hydrogens is 263 g/mol. The predicted molar refractivity (Wildman–Crippen MR) is 61.4 cm³/mol. The van der Waals surface area contributed by atoms with Crippen molar-refractivity contribution < 1.29 is 0 Å². The molecule has 0 radical (unpaired) electrons. The number of anilines is 1. The van der Waals surface area contributed by atoms with E-state index in [4.69, 9.17) is 5.73 Å². The van der Waals surface area contributed by atoms with Gasteiger partial charge in [0.15, 0.2) is 0 Å². The van der Waals surface area contributed by atoms with Gasteiger partial charge in [-0.3, -0.25) is 0 Å². The van der Waals surface area contributed by atoms with Crippen molar-refractivity contribution in [3.63, 3.8) is 0 Å². The summed E-state index contributed by atoms with van der Waals surface area (Å²) in [6.07, 6.45) is 0. The Hall–Kier alpha value is -0.290. The number of nitrogens with two attached hydrogens (primary N) is 1. The van der Waals surface area contributed by atoms with Crippen LogP contribution >= 0.6 is 22.6 Å². The molecule has 0 fully saturated rings. The smallest absolute Gasteiger partial charge is 0.0371 e. The van der Waals surface area contributed by atoms with Gasteiger partial charge in [-0.05, 0) is 53.3 Å². The lowest BCUT2D eigenvalue weighted by Gasteiger charge is -2.07. The molecule has 1 aromatic carbocycles. The normalized spacial score (nSPS) is 9.92. The zero-order chi connectivity index (χ0) is 8.97. The summed E-state index contributed by atoms with van der Waals surface area (Å²) in [5.41, 5.74) is 7.85. The van der Waals surface area contributed by atoms with Crippen LogP contribution in [0.25, 0.3) is 0 Å². The van der Waals surface area contributed by atoms with Crippen LogP contribution in [0.3, 0.4) is 0 Å². The van der Waals surface area contributed by atoms with Crippen molar-refractivity contribution in [1.29, 1.82) is 0 Å². The van der Waals surface area contributed by atoms with Gasteiger partial charge >= 0.3 is 0 Å². The molecule has 0 aliphatic carbocycles. The highest BCUT2D eigenvalue weighted by Crippen LogP contribution is 2.16. The van der Waals surface area contributed by atoms with E-state index in [9.17, 15) is 0 Å². The minimum absolute atomic E-state index is 0.672. The van der Waals surface area contributed by atoms with Crippen molar-refractivity contribution in [3.05, 3.63) is 27.3 Å². The van der Waals surface area contributed by atoms with Gasteiger partial charge in [0.1, 0.15) is 0 Å². The minimum Gasteiger partial charge on any atom is -0.384 e.